The van der Waals surface area contributed by atoms with Crippen molar-refractivity contribution in [2.45, 2.75) is 37.5 Å². The lowest BCUT2D eigenvalue weighted by Gasteiger charge is -2.29. The standard InChI is InChI=1S/C19H15FN2O4.C14H16N6O6S.C11H8ClNO3/c1-2-7-21-15-9-14(13(20)8-16(15)26-10-17(21)23)22-18(24)11-5-3-4-6-12(11)19(22)25;1-3-26-14-18-11(15-2)16-12(19-14)17-13(23)20-27(24,25)9-7-5-4-6-8(9)10(21)22;12-8-3-4-9(16-6-10(14)15)11-7(8)2-1-5-13-11/h1,8-9H,3-7,10H2;4-7H,3H2,1-2H3,(H,21,22)(H3,15,16,17,18,19,20,23);1-5H,6H2,(H,14,15). The van der Waals surface area contributed by atoms with Crippen LogP contribution < -0.4 is 39.4 Å². The van der Waals surface area contributed by atoms with Gasteiger partial charge in [0.25, 0.3) is 27.7 Å². The fraction of sp³-hybridized carbons (Fsp3) is 0.227. The molecule has 0 unspecified atom stereocenters. The Bertz CT molecular complexity index is 3050. The summed E-state index contributed by atoms with van der Waals surface area (Å²) in [6.07, 6.45) is 9.61. The number of carbonyl (C=O) groups excluding carboxylic acids is 4. The Morgan fingerprint density at radius 2 is 1.64 bits per heavy atom. The highest BCUT2D eigenvalue weighted by Gasteiger charge is 2.42. The van der Waals surface area contributed by atoms with Crippen LogP contribution in [0.2, 0.25) is 5.02 Å². The number of fused-ring (bicyclic) bond motifs is 2. The number of aliphatic carboxylic acids is 1. The van der Waals surface area contributed by atoms with Gasteiger partial charge < -0.3 is 29.7 Å². The normalized spacial score (nSPS) is 13.9. The fourth-order valence-corrected chi connectivity index (χ4v) is 8.20. The second-order valence-corrected chi connectivity index (χ2v) is 16.3. The molecule has 5 N–H and O–H groups in total. The summed E-state index contributed by atoms with van der Waals surface area (Å²) in [4.78, 5) is 88.3. The number of carboxylic acids is 2. The lowest BCUT2D eigenvalue weighted by Crippen LogP contribution is -2.39. The number of carbonyl (C=O) groups is 6. The third-order valence-corrected chi connectivity index (χ3v) is 11.6. The molecular formula is C44H39ClFN9O13S. The number of urea groups is 1. The van der Waals surface area contributed by atoms with Gasteiger partial charge in [-0.25, -0.2) is 36.8 Å². The number of terminal acetylenes is 1. The van der Waals surface area contributed by atoms with Gasteiger partial charge in [-0.3, -0.25) is 29.6 Å². The summed E-state index contributed by atoms with van der Waals surface area (Å²) in [5.41, 5.74) is 1.08. The fourth-order valence-electron chi connectivity index (χ4n) is 6.87. The van der Waals surface area contributed by atoms with Crippen molar-refractivity contribution in [3.8, 4) is 29.9 Å². The molecule has 8 rings (SSSR count). The summed E-state index contributed by atoms with van der Waals surface area (Å²) in [6, 6.07) is 12.8. The van der Waals surface area contributed by atoms with E-state index in [-0.39, 0.29) is 60.7 Å². The van der Waals surface area contributed by atoms with Crippen LogP contribution in [0.5, 0.6) is 17.5 Å². The molecule has 0 spiro atoms. The molecule has 3 aromatic carbocycles. The molecule has 0 saturated carbocycles. The summed E-state index contributed by atoms with van der Waals surface area (Å²) < 4.78 is 56.5. The second kappa shape index (κ2) is 21.9. The van der Waals surface area contributed by atoms with E-state index in [4.69, 9.17) is 42.4 Å². The van der Waals surface area contributed by atoms with Gasteiger partial charge >= 0.3 is 24.0 Å². The molecule has 358 valence electrons. The number of rotatable bonds is 12. The van der Waals surface area contributed by atoms with Crippen molar-refractivity contribution >= 4 is 91.5 Å². The number of anilines is 4. The summed E-state index contributed by atoms with van der Waals surface area (Å²) in [5.74, 6) is -1.83. The van der Waals surface area contributed by atoms with Crippen LogP contribution in [0, 0.1) is 18.2 Å². The van der Waals surface area contributed by atoms with Gasteiger partial charge in [-0.2, -0.15) is 15.0 Å². The largest absolute Gasteiger partial charge is 0.481 e. The molecular weight excluding hydrogens is 949 g/mol. The van der Waals surface area contributed by atoms with Crippen molar-refractivity contribution in [1.82, 2.24) is 24.7 Å². The van der Waals surface area contributed by atoms with Crippen LogP contribution in [0.3, 0.4) is 0 Å². The number of hydrogen-bond donors (Lipinski definition) is 5. The van der Waals surface area contributed by atoms with Crippen LogP contribution in [-0.4, -0.2) is 108 Å². The lowest BCUT2D eigenvalue weighted by atomic mass is 9.93. The molecule has 0 bridgehead atoms. The SMILES string of the molecule is C#CCN1C(=O)COc2cc(F)c(N3C(=O)C4=C(CCCC4)C3=O)cc21.CCOc1nc(NC)nc(NC(=O)NS(=O)(=O)c2ccccc2C(=O)O)n1.O=C(O)COc1ccc(Cl)c2cccnc12. The maximum Gasteiger partial charge on any atom is 0.341 e. The molecule has 2 aliphatic heterocycles. The van der Waals surface area contributed by atoms with Crippen LogP contribution in [0.1, 0.15) is 43.0 Å². The van der Waals surface area contributed by atoms with Gasteiger partial charge in [0.15, 0.2) is 19.0 Å². The molecule has 69 heavy (non-hydrogen) atoms. The van der Waals surface area contributed by atoms with Gasteiger partial charge in [0.05, 0.1) is 35.1 Å². The topological polar surface area (TPSA) is 299 Å². The highest BCUT2D eigenvalue weighted by atomic mass is 35.5. The number of benzene rings is 3. The van der Waals surface area contributed by atoms with Gasteiger partial charge in [0.1, 0.15) is 21.9 Å². The van der Waals surface area contributed by atoms with Gasteiger partial charge in [0.2, 0.25) is 11.9 Å². The van der Waals surface area contributed by atoms with Gasteiger partial charge in [-0.1, -0.05) is 29.7 Å². The van der Waals surface area contributed by atoms with Crippen LogP contribution >= 0.6 is 11.6 Å². The van der Waals surface area contributed by atoms with Gasteiger partial charge in [0, 0.05) is 35.8 Å². The average Bonchev–Trinajstić information content (AvgIpc) is 3.58. The summed E-state index contributed by atoms with van der Waals surface area (Å²) in [5, 5.41) is 23.7. The smallest absolute Gasteiger partial charge is 0.341 e. The number of amides is 5. The van der Waals surface area contributed by atoms with Crippen molar-refractivity contribution in [3.05, 3.63) is 94.4 Å². The molecule has 1 aliphatic carbocycles. The minimum atomic E-state index is -4.45. The van der Waals surface area contributed by atoms with Crippen molar-refractivity contribution in [2.24, 2.45) is 0 Å². The Kier molecular flexibility index (Phi) is 15.9. The number of imide groups is 1. The molecule has 22 nitrogen and oxygen atoms in total. The minimum Gasteiger partial charge on any atom is -0.481 e. The number of hydrogen-bond acceptors (Lipinski definition) is 16. The third kappa shape index (κ3) is 11.6. The average molecular weight is 988 g/mol. The van der Waals surface area contributed by atoms with E-state index in [1.807, 2.05) is 0 Å². The molecule has 5 aromatic rings. The van der Waals surface area contributed by atoms with E-state index in [2.05, 4.69) is 36.5 Å². The Morgan fingerprint density at radius 3 is 2.29 bits per heavy atom. The predicted octanol–water partition coefficient (Wildman–Crippen LogP) is 4.80. The molecule has 5 amide bonds. The zero-order valence-corrected chi connectivity index (χ0v) is 37.9. The Hall–Kier alpha value is -8.43. The molecule has 4 heterocycles. The molecule has 25 heteroatoms. The summed E-state index contributed by atoms with van der Waals surface area (Å²) in [6.45, 7) is 1.31. The number of nitrogens with one attached hydrogen (secondary N) is 3. The zero-order chi connectivity index (χ0) is 50.0. The Labute approximate surface area is 396 Å². The number of halogens is 2. The van der Waals surface area contributed by atoms with E-state index in [0.717, 1.165) is 41.3 Å². The molecule has 2 aromatic heterocycles. The van der Waals surface area contributed by atoms with E-state index in [9.17, 15) is 41.6 Å². The highest BCUT2D eigenvalue weighted by Crippen LogP contribution is 2.42. The first kappa shape index (κ1) is 50.0. The van der Waals surface area contributed by atoms with Crippen molar-refractivity contribution < 1.29 is 66.0 Å². The van der Waals surface area contributed by atoms with E-state index < -0.39 is 62.7 Å². The van der Waals surface area contributed by atoms with E-state index >= 15 is 0 Å². The molecule has 0 atom stereocenters. The lowest BCUT2D eigenvalue weighted by molar-refractivity contribution is -0.139. The first-order valence-electron chi connectivity index (χ1n) is 20.4. The van der Waals surface area contributed by atoms with Crippen LogP contribution in [0.15, 0.2) is 82.9 Å². The number of aromatic nitrogens is 4. The van der Waals surface area contributed by atoms with Crippen molar-refractivity contribution in [1.29, 1.82) is 0 Å². The van der Waals surface area contributed by atoms with Crippen LogP contribution in [0.25, 0.3) is 10.9 Å². The molecule has 0 saturated heterocycles. The predicted molar refractivity (Wildman–Crippen MR) is 244 cm³/mol. The van der Waals surface area contributed by atoms with E-state index in [1.54, 1.807) is 42.1 Å². The van der Waals surface area contributed by atoms with E-state index in [0.29, 0.717) is 40.3 Å². The van der Waals surface area contributed by atoms with Crippen LogP contribution in [-0.2, 0) is 29.2 Å². The Balaban J connectivity index is 0.000000176. The first-order chi connectivity index (χ1) is 33.0. The van der Waals surface area contributed by atoms with Gasteiger partial charge in [-0.05, 0) is 75.1 Å². The van der Waals surface area contributed by atoms with Crippen LogP contribution in [0.4, 0.5) is 32.5 Å². The number of carboxylic acid groups (broad SMARTS) is 2. The van der Waals surface area contributed by atoms with Gasteiger partial charge in [-0.15, -0.1) is 6.42 Å². The number of aromatic carboxylic acids is 1. The molecule has 3 aliphatic rings. The quantitative estimate of drug-likeness (QED) is 0.0828. The number of ether oxygens (including phenoxy) is 3. The minimum absolute atomic E-state index is 0.0170. The highest BCUT2D eigenvalue weighted by molar-refractivity contribution is 7.90. The maximum absolute atomic E-state index is 14.7. The van der Waals surface area contributed by atoms with E-state index in [1.165, 1.54) is 30.1 Å². The monoisotopic (exact) mass is 987 g/mol. The maximum atomic E-state index is 14.7. The second-order valence-electron chi connectivity index (χ2n) is 14.3. The first-order valence-corrected chi connectivity index (χ1v) is 22.3. The summed E-state index contributed by atoms with van der Waals surface area (Å²) in [7, 11) is -2.92. The molecule has 0 fully saturated rings. The molecule has 0 radical (unpaired) electrons. The number of pyridine rings is 1. The zero-order valence-electron chi connectivity index (χ0n) is 36.3. The van der Waals surface area contributed by atoms with Crippen molar-refractivity contribution in [2.75, 3.05) is 53.8 Å². The van der Waals surface area contributed by atoms with Crippen molar-refractivity contribution in [3.63, 3.8) is 0 Å². The Morgan fingerprint density at radius 1 is 0.942 bits per heavy atom. The number of sulfonamides is 1. The number of nitrogens with zero attached hydrogens (tertiary/aromatic N) is 6. The third-order valence-electron chi connectivity index (χ3n) is 9.85. The summed E-state index contributed by atoms with van der Waals surface area (Å²) >= 11 is 5.98.